The predicted molar refractivity (Wildman–Crippen MR) is 99.6 cm³/mol. The summed E-state index contributed by atoms with van der Waals surface area (Å²) in [4.78, 5) is 24.8. The molecule has 1 aromatic rings. The van der Waals surface area contributed by atoms with E-state index in [0.717, 1.165) is 32.2 Å². The van der Waals surface area contributed by atoms with Crippen LogP contribution >= 0.6 is 0 Å². The van der Waals surface area contributed by atoms with E-state index in [0.29, 0.717) is 23.0 Å². The van der Waals surface area contributed by atoms with Crippen molar-refractivity contribution >= 4 is 11.9 Å². The van der Waals surface area contributed by atoms with E-state index in [9.17, 15) is 14.7 Å². The minimum absolute atomic E-state index is 0.121. The van der Waals surface area contributed by atoms with Crippen LogP contribution in [-0.2, 0) is 24.7 Å². The molecule has 3 atom stereocenters. The highest BCUT2D eigenvalue weighted by molar-refractivity contribution is 5.81. The molecule has 2 fully saturated rings. The number of likely N-dealkylation sites (tertiary alicyclic amines) is 1. The molecule has 0 radical (unpaired) electrons. The third-order valence-corrected chi connectivity index (χ3v) is 6.12. The number of esters is 2. The van der Waals surface area contributed by atoms with Crippen molar-refractivity contribution in [2.45, 2.75) is 43.8 Å². The fraction of sp³-hybridized carbons (Fsp3) is 0.619. The quantitative estimate of drug-likeness (QED) is 0.607. The number of quaternary nitrogens is 1. The third-order valence-electron chi connectivity index (χ3n) is 6.12. The van der Waals surface area contributed by atoms with Gasteiger partial charge in [0.15, 0.2) is 18.2 Å². The predicted octanol–water partition coefficient (Wildman–Crippen LogP) is 2.00. The van der Waals surface area contributed by atoms with E-state index in [2.05, 4.69) is 0 Å². The highest BCUT2D eigenvalue weighted by Crippen LogP contribution is 2.42. The Bertz CT molecular complexity index is 672. The molecule has 6 nitrogen and oxygen atoms in total. The van der Waals surface area contributed by atoms with Crippen LogP contribution in [0.25, 0.3) is 0 Å². The fourth-order valence-electron chi connectivity index (χ4n) is 4.54. The molecular weight excluding hydrogens is 346 g/mol. The Labute approximate surface area is 160 Å². The zero-order valence-electron chi connectivity index (χ0n) is 16.2. The smallest absolute Gasteiger partial charge is 0.361 e. The number of carbonyl (C=O) groups excluding carboxylic acids is 2. The van der Waals surface area contributed by atoms with Gasteiger partial charge in [-0.05, 0) is 18.4 Å². The van der Waals surface area contributed by atoms with E-state index < -0.39 is 11.6 Å². The molecule has 3 unspecified atom stereocenters. The van der Waals surface area contributed by atoms with Gasteiger partial charge >= 0.3 is 11.9 Å². The Balaban J connectivity index is 1.73. The van der Waals surface area contributed by atoms with Crippen molar-refractivity contribution in [2.75, 3.05) is 33.8 Å². The second-order valence-corrected chi connectivity index (χ2v) is 8.19. The molecule has 1 aliphatic heterocycles. The van der Waals surface area contributed by atoms with E-state index in [-0.39, 0.29) is 24.5 Å². The van der Waals surface area contributed by atoms with E-state index in [1.807, 2.05) is 25.2 Å². The van der Waals surface area contributed by atoms with Gasteiger partial charge in [0.25, 0.3) is 0 Å². The van der Waals surface area contributed by atoms with Crippen molar-refractivity contribution in [3.8, 4) is 0 Å². The lowest BCUT2D eigenvalue weighted by molar-refractivity contribution is -0.891. The molecule has 2 aliphatic rings. The first kappa shape index (κ1) is 19.8. The van der Waals surface area contributed by atoms with Gasteiger partial charge < -0.3 is 19.1 Å². The van der Waals surface area contributed by atoms with Crippen LogP contribution in [-0.4, -0.2) is 61.4 Å². The number of carbonyl (C=O) groups is 2. The lowest BCUT2D eigenvalue weighted by Gasteiger charge is -2.33. The molecule has 1 aromatic carbocycles. The summed E-state index contributed by atoms with van der Waals surface area (Å²) in [6, 6.07) is 9.14. The molecule has 148 valence electrons. The summed E-state index contributed by atoms with van der Waals surface area (Å²) in [6.07, 6.45) is 4.05. The molecule has 0 aromatic heterocycles. The topological polar surface area (TPSA) is 72.8 Å². The average Bonchev–Trinajstić information content (AvgIpc) is 3.32. The molecule has 1 heterocycles. The van der Waals surface area contributed by atoms with E-state index >= 15 is 0 Å². The van der Waals surface area contributed by atoms with E-state index in [1.165, 1.54) is 7.11 Å². The zero-order chi connectivity index (χ0) is 19.5. The molecule has 27 heavy (non-hydrogen) atoms. The molecule has 1 saturated heterocycles. The van der Waals surface area contributed by atoms with Crippen molar-refractivity contribution < 1.29 is 28.7 Å². The van der Waals surface area contributed by atoms with Gasteiger partial charge in [-0.15, -0.1) is 0 Å². The second-order valence-electron chi connectivity index (χ2n) is 8.19. The minimum Gasteiger partial charge on any atom is -0.465 e. The Hall–Kier alpha value is -1.92. The molecule has 0 amide bonds. The lowest BCUT2D eigenvalue weighted by atomic mass is 9.80. The normalized spacial score (nSPS) is 27.9. The maximum atomic E-state index is 13.1. The van der Waals surface area contributed by atoms with Crippen LogP contribution in [0.1, 0.15) is 37.7 Å². The number of ether oxygens (including phenoxy) is 2. The van der Waals surface area contributed by atoms with Gasteiger partial charge in [-0.3, -0.25) is 0 Å². The number of benzene rings is 1. The highest BCUT2D eigenvalue weighted by atomic mass is 16.6. The van der Waals surface area contributed by atoms with Gasteiger partial charge in [0, 0.05) is 12.3 Å². The van der Waals surface area contributed by atoms with Crippen LogP contribution in [0, 0.1) is 5.92 Å². The number of hydrogen-bond acceptors (Lipinski definition) is 5. The summed E-state index contributed by atoms with van der Waals surface area (Å²) in [5.41, 5.74) is -1.00. The average molecular weight is 376 g/mol. The molecule has 1 aliphatic carbocycles. The number of likely N-dealkylation sites (N-methyl/N-ethyl adjacent to an activating group) is 1. The Kier molecular flexibility index (Phi) is 5.86. The van der Waals surface area contributed by atoms with E-state index in [1.54, 1.807) is 12.1 Å². The standard InChI is InChI=1S/C21H30NO5/c1-22(15-19(23)26-2)13-12-18(14-22)27-20(24)21(25,17-10-6-7-11-17)16-8-4-3-5-9-16/h3-5,8-9,17-18,25H,6-7,10-15H2,1-2H3/q+1. The first-order valence-corrected chi connectivity index (χ1v) is 9.77. The van der Waals surface area contributed by atoms with Crippen LogP contribution in [0.4, 0.5) is 0 Å². The van der Waals surface area contributed by atoms with Crippen molar-refractivity contribution in [2.24, 2.45) is 5.92 Å². The van der Waals surface area contributed by atoms with Crippen LogP contribution in [0.3, 0.4) is 0 Å². The lowest BCUT2D eigenvalue weighted by Crippen LogP contribution is -2.48. The molecule has 6 heteroatoms. The summed E-state index contributed by atoms with van der Waals surface area (Å²) >= 11 is 0. The van der Waals surface area contributed by atoms with Gasteiger partial charge in [0.2, 0.25) is 0 Å². The monoisotopic (exact) mass is 376 g/mol. The molecule has 1 saturated carbocycles. The van der Waals surface area contributed by atoms with Gasteiger partial charge in [0.1, 0.15) is 6.54 Å². The summed E-state index contributed by atoms with van der Waals surface area (Å²) in [5, 5.41) is 11.5. The van der Waals surface area contributed by atoms with Crippen molar-refractivity contribution in [1.29, 1.82) is 0 Å². The first-order valence-electron chi connectivity index (χ1n) is 9.77. The van der Waals surface area contributed by atoms with Gasteiger partial charge in [-0.25, -0.2) is 9.59 Å². The van der Waals surface area contributed by atoms with E-state index in [4.69, 9.17) is 9.47 Å². The maximum Gasteiger partial charge on any atom is 0.361 e. The highest BCUT2D eigenvalue weighted by Gasteiger charge is 2.49. The number of rotatable bonds is 6. The third kappa shape index (κ3) is 4.17. The summed E-state index contributed by atoms with van der Waals surface area (Å²) in [6.45, 7) is 1.55. The van der Waals surface area contributed by atoms with Crippen molar-refractivity contribution in [3.05, 3.63) is 35.9 Å². The van der Waals surface area contributed by atoms with Gasteiger partial charge in [0.05, 0.1) is 20.7 Å². The second kappa shape index (κ2) is 7.98. The minimum atomic E-state index is -1.61. The number of hydrogen-bond donors (Lipinski definition) is 1. The van der Waals surface area contributed by atoms with Crippen molar-refractivity contribution in [1.82, 2.24) is 0 Å². The summed E-state index contributed by atoms with van der Waals surface area (Å²) in [7, 11) is 3.34. The number of nitrogens with zero attached hydrogens (tertiary/aromatic N) is 1. The zero-order valence-corrected chi connectivity index (χ0v) is 16.2. The van der Waals surface area contributed by atoms with Gasteiger partial charge in [-0.2, -0.15) is 0 Å². The Morgan fingerprint density at radius 1 is 1.19 bits per heavy atom. The molecule has 1 N–H and O–H groups in total. The molecule has 0 spiro atoms. The fourth-order valence-corrected chi connectivity index (χ4v) is 4.54. The summed E-state index contributed by atoms with van der Waals surface area (Å²) in [5.74, 6) is -0.946. The summed E-state index contributed by atoms with van der Waals surface area (Å²) < 4.78 is 11.1. The molecular formula is C21H30NO5+. The van der Waals surface area contributed by atoms with Crippen LogP contribution in [0.15, 0.2) is 30.3 Å². The maximum absolute atomic E-state index is 13.1. The van der Waals surface area contributed by atoms with Crippen molar-refractivity contribution in [3.63, 3.8) is 0 Å². The first-order chi connectivity index (χ1) is 12.9. The van der Waals surface area contributed by atoms with Crippen LogP contribution < -0.4 is 0 Å². The molecule has 3 rings (SSSR count). The molecule has 0 bridgehead atoms. The SMILES string of the molecule is COC(=O)C[N+]1(C)CCC(OC(=O)C(O)(c2ccccc2)C2CCCC2)C1. The Morgan fingerprint density at radius 2 is 1.85 bits per heavy atom. The number of aliphatic hydroxyl groups is 1. The van der Waals surface area contributed by atoms with Crippen LogP contribution in [0.5, 0.6) is 0 Å². The van der Waals surface area contributed by atoms with Gasteiger partial charge in [-0.1, -0.05) is 43.2 Å². The number of methoxy groups -OCH3 is 1. The van der Waals surface area contributed by atoms with Crippen LogP contribution in [0.2, 0.25) is 0 Å². The largest absolute Gasteiger partial charge is 0.465 e. The Morgan fingerprint density at radius 3 is 2.48 bits per heavy atom.